The highest BCUT2D eigenvalue weighted by Crippen LogP contribution is 2.15. The molecule has 0 aromatic heterocycles. The van der Waals surface area contributed by atoms with E-state index in [-0.39, 0.29) is 6.61 Å². The lowest BCUT2D eigenvalue weighted by atomic mass is 10.1. The largest absolute Gasteiger partial charge is 0.411 e. The van der Waals surface area contributed by atoms with Crippen molar-refractivity contribution < 1.29 is 22.6 Å². The number of alkyl halides is 3. The molecule has 0 heterocycles. The summed E-state index contributed by atoms with van der Waals surface area (Å²) in [6.07, 6.45) is -3.42. The van der Waals surface area contributed by atoms with Crippen molar-refractivity contribution in [3.63, 3.8) is 0 Å². The fourth-order valence-corrected chi connectivity index (χ4v) is 1.87. The second kappa shape index (κ2) is 10.9. The molecule has 0 spiro atoms. The molecule has 0 amide bonds. The van der Waals surface area contributed by atoms with Gasteiger partial charge in [-0.1, -0.05) is 24.3 Å². The van der Waals surface area contributed by atoms with E-state index in [0.717, 1.165) is 18.5 Å². The van der Waals surface area contributed by atoms with E-state index < -0.39 is 12.8 Å². The minimum absolute atomic E-state index is 0.0596. The number of rotatable bonds is 9. The lowest BCUT2D eigenvalue weighted by Crippen LogP contribution is -2.37. The van der Waals surface area contributed by atoms with E-state index >= 15 is 0 Å². The van der Waals surface area contributed by atoms with Crippen LogP contribution in [0.15, 0.2) is 29.3 Å². The summed E-state index contributed by atoms with van der Waals surface area (Å²) in [6.45, 7) is 0.704. The number of guanidine groups is 1. The molecule has 0 bridgehead atoms. The quantitative estimate of drug-likeness (QED) is 0.409. The van der Waals surface area contributed by atoms with Gasteiger partial charge in [0.25, 0.3) is 0 Å². The molecular weight excluding hydrogens is 323 g/mol. The van der Waals surface area contributed by atoms with Gasteiger partial charge >= 0.3 is 6.18 Å². The summed E-state index contributed by atoms with van der Waals surface area (Å²) < 4.78 is 45.6. The highest BCUT2D eigenvalue weighted by Gasteiger charge is 2.27. The van der Waals surface area contributed by atoms with Crippen LogP contribution in [0.3, 0.4) is 0 Å². The van der Waals surface area contributed by atoms with Gasteiger partial charge < -0.3 is 20.1 Å². The molecule has 0 fully saturated rings. The van der Waals surface area contributed by atoms with E-state index in [4.69, 9.17) is 4.74 Å². The first-order chi connectivity index (χ1) is 11.4. The minimum atomic E-state index is -4.30. The summed E-state index contributed by atoms with van der Waals surface area (Å²) in [5.74, 6) is 0.684. The van der Waals surface area contributed by atoms with E-state index in [1.165, 1.54) is 0 Å². The van der Waals surface area contributed by atoms with Crippen LogP contribution in [0.2, 0.25) is 0 Å². The number of nitrogens with one attached hydrogen (secondary N) is 2. The Kier molecular flexibility index (Phi) is 9.18. The molecule has 1 aromatic carbocycles. The Balaban J connectivity index is 2.32. The number of methoxy groups -OCH3 is 1. The fraction of sp³-hybridized carbons (Fsp3) is 0.562. The fourth-order valence-electron chi connectivity index (χ4n) is 1.87. The van der Waals surface area contributed by atoms with Gasteiger partial charge in [-0.25, -0.2) is 0 Å². The lowest BCUT2D eigenvalue weighted by Gasteiger charge is -2.12. The van der Waals surface area contributed by atoms with Gasteiger partial charge in [-0.3, -0.25) is 4.99 Å². The molecular formula is C16H24F3N3O2. The van der Waals surface area contributed by atoms with Crippen LogP contribution in [0, 0.1) is 0 Å². The van der Waals surface area contributed by atoms with Crippen LogP contribution in [0.4, 0.5) is 13.2 Å². The standard InChI is InChI=1S/C16H24F3N3O2/c1-20-15(21-8-3-9-23-2)22-10-13-4-6-14(7-5-13)11-24-12-16(17,18)19/h4-7H,3,8-12H2,1-2H3,(H2,20,21,22). The van der Waals surface area contributed by atoms with Crippen molar-refractivity contribution in [2.24, 2.45) is 4.99 Å². The van der Waals surface area contributed by atoms with Crippen LogP contribution in [0.25, 0.3) is 0 Å². The van der Waals surface area contributed by atoms with E-state index in [9.17, 15) is 13.2 Å². The van der Waals surface area contributed by atoms with Crippen molar-refractivity contribution in [2.45, 2.75) is 25.7 Å². The molecule has 0 aliphatic carbocycles. The molecule has 0 saturated heterocycles. The number of ether oxygens (including phenoxy) is 2. The van der Waals surface area contributed by atoms with E-state index in [0.29, 0.717) is 24.7 Å². The lowest BCUT2D eigenvalue weighted by molar-refractivity contribution is -0.176. The minimum Gasteiger partial charge on any atom is -0.385 e. The van der Waals surface area contributed by atoms with Crippen molar-refractivity contribution in [1.82, 2.24) is 10.6 Å². The van der Waals surface area contributed by atoms with Gasteiger partial charge in [0.05, 0.1) is 6.61 Å². The van der Waals surface area contributed by atoms with Gasteiger partial charge in [-0.2, -0.15) is 13.2 Å². The van der Waals surface area contributed by atoms with E-state index in [1.807, 2.05) is 12.1 Å². The highest BCUT2D eigenvalue weighted by atomic mass is 19.4. The number of benzene rings is 1. The number of aliphatic imine (C=N–C) groups is 1. The average molecular weight is 347 g/mol. The Morgan fingerprint density at radius 1 is 1.12 bits per heavy atom. The summed E-state index contributed by atoms with van der Waals surface area (Å²) in [5.41, 5.74) is 1.69. The molecule has 5 nitrogen and oxygen atoms in total. The zero-order chi connectivity index (χ0) is 17.8. The van der Waals surface area contributed by atoms with Crippen molar-refractivity contribution in [3.8, 4) is 0 Å². The SMILES string of the molecule is CN=C(NCCCOC)NCc1ccc(COCC(F)(F)F)cc1. The van der Waals surface area contributed by atoms with Crippen LogP contribution in [0.1, 0.15) is 17.5 Å². The molecule has 0 unspecified atom stereocenters. The van der Waals surface area contributed by atoms with Gasteiger partial charge in [0, 0.05) is 33.9 Å². The summed E-state index contributed by atoms with van der Waals surface area (Å²) in [6, 6.07) is 7.19. The first-order valence-electron chi connectivity index (χ1n) is 7.60. The molecule has 24 heavy (non-hydrogen) atoms. The van der Waals surface area contributed by atoms with Crippen LogP contribution >= 0.6 is 0 Å². The van der Waals surface area contributed by atoms with Crippen LogP contribution < -0.4 is 10.6 Å². The van der Waals surface area contributed by atoms with Gasteiger partial charge in [0.15, 0.2) is 5.96 Å². The third kappa shape index (κ3) is 9.36. The summed E-state index contributed by atoms with van der Waals surface area (Å²) >= 11 is 0. The molecule has 0 saturated carbocycles. The van der Waals surface area contributed by atoms with Crippen molar-refractivity contribution in [2.75, 3.05) is 33.9 Å². The smallest absolute Gasteiger partial charge is 0.385 e. The zero-order valence-electron chi connectivity index (χ0n) is 13.9. The maximum atomic E-state index is 12.0. The van der Waals surface area contributed by atoms with Gasteiger partial charge in [-0.05, 0) is 17.5 Å². The number of hydrogen-bond acceptors (Lipinski definition) is 3. The molecule has 0 atom stereocenters. The summed E-state index contributed by atoms with van der Waals surface area (Å²) in [4.78, 5) is 4.11. The van der Waals surface area contributed by atoms with Gasteiger partial charge in [-0.15, -0.1) is 0 Å². The first kappa shape index (κ1) is 20.2. The van der Waals surface area contributed by atoms with Crippen LogP contribution in [-0.4, -0.2) is 46.1 Å². The maximum Gasteiger partial charge on any atom is 0.411 e. The Hall–Kier alpha value is -1.80. The highest BCUT2D eigenvalue weighted by molar-refractivity contribution is 5.79. The molecule has 0 radical (unpaired) electrons. The van der Waals surface area contributed by atoms with Crippen LogP contribution in [0.5, 0.6) is 0 Å². The maximum absolute atomic E-state index is 12.0. The van der Waals surface area contributed by atoms with Gasteiger partial charge in [0.1, 0.15) is 6.61 Å². The Bertz CT molecular complexity index is 490. The second-order valence-electron chi connectivity index (χ2n) is 5.12. The average Bonchev–Trinajstić information content (AvgIpc) is 2.54. The third-order valence-electron chi connectivity index (χ3n) is 3.06. The molecule has 1 aromatic rings. The van der Waals surface area contributed by atoms with Crippen molar-refractivity contribution >= 4 is 5.96 Å². The number of nitrogens with zero attached hydrogens (tertiary/aromatic N) is 1. The predicted octanol–water partition coefficient (Wildman–Crippen LogP) is 2.47. The first-order valence-corrected chi connectivity index (χ1v) is 7.60. The monoisotopic (exact) mass is 347 g/mol. The Morgan fingerprint density at radius 3 is 2.38 bits per heavy atom. The predicted molar refractivity (Wildman–Crippen MR) is 86.8 cm³/mol. The Morgan fingerprint density at radius 2 is 1.79 bits per heavy atom. The molecule has 0 aliphatic rings. The zero-order valence-corrected chi connectivity index (χ0v) is 13.9. The molecule has 2 N–H and O–H groups in total. The third-order valence-corrected chi connectivity index (χ3v) is 3.06. The van der Waals surface area contributed by atoms with Crippen molar-refractivity contribution in [1.29, 1.82) is 0 Å². The molecule has 0 aliphatic heterocycles. The van der Waals surface area contributed by atoms with Crippen molar-refractivity contribution in [3.05, 3.63) is 35.4 Å². The summed E-state index contributed by atoms with van der Waals surface area (Å²) in [5, 5.41) is 6.32. The topological polar surface area (TPSA) is 54.9 Å². The molecule has 8 heteroatoms. The number of halogens is 3. The number of hydrogen-bond donors (Lipinski definition) is 2. The second-order valence-corrected chi connectivity index (χ2v) is 5.12. The normalized spacial score (nSPS) is 12.3. The molecule has 1 rings (SSSR count). The van der Waals surface area contributed by atoms with E-state index in [2.05, 4.69) is 20.4 Å². The van der Waals surface area contributed by atoms with E-state index in [1.54, 1.807) is 26.3 Å². The van der Waals surface area contributed by atoms with Gasteiger partial charge in [0.2, 0.25) is 0 Å². The summed E-state index contributed by atoms with van der Waals surface area (Å²) in [7, 11) is 3.34. The molecule has 136 valence electrons. The Labute approximate surface area is 140 Å². The van der Waals surface area contributed by atoms with Crippen LogP contribution in [-0.2, 0) is 22.6 Å².